The number of ether oxygens (including phenoxy) is 1. The van der Waals surface area contributed by atoms with E-state index in [0.717, 1.165) is 12.1 Å². The quantitative estimate of drug-likeness (QED) is 0.824. The summed E-state index contributed by atoms with van der Waals surface area (Å²) >= 11 is 0. The second-order valence-corrected chi connectivity index (χ2v) is 4.79. The number of nitrogens with one attached hydrogen (secondary N) is 1. The highest BCUT2D eigenvalue weighted by Gasteiger charge is 2.30. The number of halogens is 1. The maximum atomic E-state index is 12.9. The minimum absolute atomic E-state index is 0.0975. The zero-order chi connectivity index (χ0) is 12.9. The van der Waals surface area contributed by atoms with E-state index >= 15 is 0 Å². The first-order chi connectivity index (χ1) is 8.02. The average molecular weight is 239 g/mol. The average Bonchev–Trinajstić information content (AvgIpc) is 2.29. The zero-order valence-electron chi connectivity index (χ0n) is 11.1. The highest BCUT2D eigenvalue weighted by atomic mass is 19.1. The van der Waals surface area contributed by atoms with E-state index in [-0.39, 0.29) is 17.3 Å². The molecule has 1 N–H and O–H groups in total. The molecular weight excluding hydrogens is 217 g/mol. The van der Waals surface area contributed by atoms with Crippen LogP contribution in [0, 0.1) is 5.82 Å². The Morgan fingerprint density at radius 2 is 1.88 bits per heavy atom. The Balaban J connectivity index is 2.93. The third-order valence-electron chi connectivity index (χ3n) is 3.24. The lowest BCUT2D eigenvalue weighted by Crippen LogP contribution is -2.47. The van der Waals surface area contributed by atoms with Gasteiger partial charge in [0, 0.05) is 18.6 Å². The Kier molecular flexibility index (Phi) is 5.09. The first-order valence-corrected chi connectivity index (χ1v) is 6.00. The minimum Gasteiger partial charge on any atom is -0.383 e. The van der Waals surface area contributed by atoms with Crippen molar-refractivity contribution >= 4 is 0 Å². The second kappa shape index (κ2) is 6.12. The van der Waals surface area contributed by atoms with E-state index in [2.05, 4.69) is 26.1 Å². The van der Waals surface area contributed by atoms with Crippen molar-refractivity contribution in [1.29, 1.82) is 0 Å². The predicted octanol–water partition coefficient (Wildman–Crippen LogP) is 2.73. The fraction of sp³-hybridized carbons (Fsp3) is 0.571. The molecule has 17 heavy (non-hydrogen) atoms. The van der Waals surface area contributed by atoms with Crippen LogP contribution in [0.4, 0.5) is 4.39 Å². The Hall–Kier alpha value is -0.930. The minimum atomic E-state index is -0.198. The van der Waals surface area contributed by atoms with Gasteiger partial charge in [0.2, 0.25) is 0 Å². The van der Waals surface area contributed by atoms with E-state index < -0.39 is 0 Å². The monoisotopic (exact) mass is 239 g/mol. The van der Waals surface area contributed by atoms with Gasteiger partial charge in [0.15, 0.2) is 0 Å². The lowest BCUT2D eigenvalue weighted by molar-refractivity contribution is 0.136. The van der Waals surface area contributed by atoms with Gasteiger partial charge in [-0.15, -0.1) is 0 Å². The molecule has 0 spiro atoms. The van der Waals surface area contributed by atoms with Crippen LogP contribution in [-0.4, -0.2) is 26.3 Å². The van der Waals surface area contributed by atoms with Crippen molar-refractivity contribution in [3.05, 3.63) is 35.6 Å². The summed E-state index contributed by atoms with van der Waals surface area (Å²) in [4.78, 5) is 0. The van der Waals surface area contributed by atoms with Crippen LogP contribution in [0.25, 0.3) is 0 Å². The summed E-state index contributed by atoms with van der Waals surface area (Å²) < 4.78 is 18.2. The molecule has 0 aliphatic carbocycles. The van der Waals surface area contributed by atoms with Crippen LogP contribution in [0.15, 0.2) is 24.3 Å². The molecule has 0 radical (unpaired) electrons. The van der Waals surface area contributed by atoms with Gasteiger partial charge in [0.1, 0.15) is 5.82 Å². The summed E-state index contributed by atoms with van der Waals surface area (Å²) in [6.45, 7) is 7.89. The van der Waals surface area contributed by atoms with E-state index in [1.165, 1.54) is 12.1 Å². The number of likely N-dealkylation sites (N-methyl/N-ethyl adjacent to an activating group) is 1. The lowest BCUT2D eigenvalue weighted by Gasteiger charge is -2.35. The zero-order valence-corrected chi connectivity index (χ0v) is 11.1. The normalized spacial score (nSPS) is 13.7. The summed E-state index contributed by atoms with van der Waals surface area (Å²) in [7, 11) is 1.70. The first kappa shape index (κ1) is 14.1. The molecule has 0 saturated carbocycles. The maximum Gasteiger partial charge on any atom is 0.123 e. The molecule has 0 heterocycles. The van der Waals surface area contributed by atoms with Gasteiger partial charge < -0.3 is 10.1 Å². The smallest absolute Gasteiger partial charge is 0.123 e. The Labute approximate surface area is 103 Å². The van der Waals surface area contributed by atoms with E-state index in [9.17, 15) is 4.39 Å². The van der Waals surface area contributed by atoms with Crippen LogP contribution in [-0.2, 0) is 10.2 Å². The Morgan fingerprint density at radius 3 is 2.35 bits per heavy atom. The number of hydrogen-bond acceptors (Lipinski definition) is 2. The molecule has 0 bridgehead atoms. The topological polar surface area (TPSA) is 21.3 Å². The van der Waals surface area contributed by atoms with E-state index in [1.54, 1.807) is 7.11 Å². The SMILES string of the molecule is CCNC(COC)C(C)(C)c1ccc(F)cc1. The van der Waals surface area contributed by atoms with Crippen molar-refractivity contribution in [2.75, 3.05) is 20.3 Å². The number of benzene rings is 1. The lowest BCUT2D eigenvalue weighted by atomic mass is 9.78. The van der Waals surface area contributed by atoms with E-state index in [0.29, 0.717) is 6.61 Å². The fourth-order valence-electron chi connectivity index (χ4n) is 2.02. The Morgan fingerprint density at radius 1 is 1.29 bits per heavy atom. The van der Waals surface area contributed by atoms with E-state index in [4.69, 9.17) is 4.74 Å². The molecule has 0 amide bonds. The molecule has 1 aromatic rings. The summed E-state index contributed by atoms with van der Waals surface area (Å²) in [5.41, 5.74) is 1.02. The van der Waals surface area contributed by atoms with Crippen LogP contribution in [0.2, 0.25) is 0 Å². The summed E-state index contributed by atoms with van der Waals surface area (Å²) in [6.07, 6.45) is 0. The molecule has 0 aliphatic rings. The largest absolute Gasteiger partial charge is 0.383 e. The van der Waals surface area contributed by atoms with Gasteiger partial charge in [-0.05, 0) is 24.2 Å². The van der Waals surface area contributed by atoms with E-state index in [1.807, 2.05) is 12.1 Å². The van der Waals surface area contributed by atoms with Crippen LogP contribution >= 0.6 is 0 Å². The molecule has 3 heteroatoms. The van der Waals surface area contributed by atoms with Crippen molar-refractivity contribution in [3.8, 4) is 0 Å². The summed E-state index contributed by atoms with van der Waals surface area (Å²) in [5, 5.41) is 3.42. The molecular formula is C14H22FNO. The summed E-state index contributed by atoms with van der Waals surface area (Å²) in [5.74, 6) is -0.198. The molecule has 1 rings (SSSR count). The van der Waals surface area contributed by atoms with Crippen molar-refractivity contribution < 1.29 is 9.13 Å². The van der Waals surface area contributed by atoms with Crippen LogP contribution < -0.4 is 5.32 Å². The third-order valence-corrected chi connectivity index (χ3v) is 3.24. The first-order valence-electron chi connectivity index (χ1n) is 6.00. The number of methoxy groups -OCH3 is 1. The molecule has 0 saturated heterocycles. The maximum absolute atomic E-state index is 12.9. The van der Waals surface area contributed by atoms with Gasteiger partial charge in [-0.1, -0.05) is 32.9 Å². The Bertz CT molecular complexity index is 329. The molecule has 0 aliphatic heterocycles. The van der Waals surface area contributed by atoms with Crippen LogP contribution in [0.3, 0.4) is 0 Å². The van der Waals surface area contributed by atoms with Gasteiger partial charge in [-0.2, -0.15) is 0 Å². The van der Waals surface area contributed by atoms with Crippen LogP contribution in [0.1, 0.15) is 26.3 Å². The van der Waals surface area contributed by atoms with Crippen LogP contribution in [0.5, 0.6) is 0 Å². The van der Waals surface area contributed by atoms with Gasteiger partial charge >= 0.3 is 0 Å². The van der Waals surface area contributed by atoms with Gasteiger partial charge in [-0.3, -0.25) is 0 Å². The molecule has 0 fully saturated rings. The highest BCUT2D eigenvalue weighted by molar-refractivity contribution is 5.26. The summed E-state index contributed by atoms with van der Waals surface area (Å²) in [6, 6.07) is 6.91. The molecule has 1 atom stereocenters. The number of rotatable bonds is 6. The van der Waals surface area contributed by atoms with Gasteiger partial charge in [0.05, 0.1) is 6.61 Å². The van der Waals surface area contributed by atoms with Crippen molar-refractivity contribution in [2.24, 2.45) is 0 Å². The molecule has 1 unspecified atom stereocenters. The number of hydrogen-bond donors (Lipinski definition) is 1. The molecule has 2 nitrogen and oxygen atoms in total. The van der Waals surface area contributed by atoms with Crippen molar-refractivity contribution in [3.63, 3.8) is 0 Å². The van der Waals surface area contributed by atoms with Crippen molar-refractivity contribution in [1.82, 2.24) is 5.32 Å². The third kappa shape index (κ3) is 3.51. The second-order valence-electron chi connectivity index (χ2n) is 4.79. The predicted molar refractivity (Wildman–Crippen MR) is 68.8 cm³/mol. The molecule has 1 aromatic carbocycles. The standard InChI is InChI=1S/C14H22FNO/c1-5-16-13(10-17-4)14(2,3)11-6-8-12(15)9-7-11/h6-9,13,16H,5,10H2,1-4H3. The fourth-order valence-corrected chi connectivity index (χ4v) is 2.02. The highest BCUT2D eigenvalue weighted by Crippen LogP contribution is 2.27. The van der Waals surface area contributed by atoms with Gasteiger partial charge in [-0.25, -0.2) is 4.39 Å². The van der Waals surface area contributed by atoms with Gasteiger partial charge in [0.25, 0.3) is 0 Å². The van der Waals surface area contributed by atoms with Crippen molar-refractivity contribution in [2.45, 2.75) is 32.2 Å². The molecule has 96 valence electrons. The molecule has 0 aromatic heterocycles.